The number of para-hydroxylation sites is 2. The molecule has 0 aliphatic heterocycles. The number of hydrogen-bond acceptors (Lipinski definition) is 4. The number of hydrogen-bond donors (Lipinski definition) is 0. The fraction of sp³-hybridized carbons (Fsp3) is 0. The molecule has 4 heterocycles. The van der Waals surface area contributed by atoms with Crippen molar-refractivity contribution in [2.45, 2.75) is 0 Å². The summed E-state index contributed by atoms with van der Waals surface area (Å²) in [5, 5.41) is 30.8. The van der Waals surface area contributed by atoms with Crippen LogP contribution in [0.3, 0.4) is 0 Å². The standard InChI is InChI=1S/C44H22N4S2/c45-23-25-17-20-37(47-33-13-5-1-11-30(33)40-35(47)21-18-28-26-9-3-7-15-38(26)49-43(28)40)42(32(25)24-46)48-34-14-6-2-12-31(34)41-36(48)22-19-29-27-10-4-8-16-39(27)50-44(29)41/h1-22H. The Morgan fingerprint density at radius 1 is 0.420 bits per heavy atom. The molecular weight excluding hydrogens is 649 g/mol. The van der Waals surface area contributed by atoms with E-state index in [0.29, 0.717) is 16.8 Å². The van der Waals surface area contributed by atoms with Crippen molar-refractivity contribution < 1.29 is 0 Å². The average molecular weight is 671 g/mol. The molecule has 0 N–H and O–H groups in total. The zero-order chi connectivity index (χ0) is 33.1. The number of nitrogens with zero attached hydrogens (tertiary/aromatic N) is 4. The normalized spacial score (nSPS) is 12.0. The molecule has 0 saturated heterocycles. The van der Waals surface area contributed by atoms with Gasteiger partial charge in [-0.2, -0.15) is 10.5 Å². The van der Waals surface area contributed by atoms with Crippen LogP contribution in [-0.4, -0.2) is 9.13 Å². The van der Waals surface area contributed by atoms with Crippen molar-refractivity contribution in [3.8, 4) is 23.5 Å². The van der Waals surface area contributed by atoms with Crippen molar-refractivity contribution in [2.24, 2.45) is 0 Å². The molecule has 50 heavy (non-hydrogen) atoms. The lowest BCUT2D eigenvalue weighted by molar-refractivity contribution is 1.08. The lowest BCUT2D eigenvalue weighted by Crippen LogP contribution is -2.07. The van der Waals surface area contributed by atoms with Gasteiger partial charge in [0.25, 0.3) is 0 Å². The summed E-state index contributed by atoms with van der Waals surface area (Å²) in [6, 6.07) is 51.6. The van der Waals surface area contributed by atoms with Crippen molar-refractivity contribution in [1.82, 2.24) is 9.13 Å². The third kappa shape index (κ3) is 3.46. The van der Waals surface area contributed by atoms with E-state index in [1.54, 1.807) is 17.4 Å². The maximum atomic E-state index is 10.9. The third-order valence-electron chi connectivity index (χ3n) is 10.2. The summed E-state index contributed by atoms with van der Waals surface area (Å²) in [6.07, 6.45) is 0. The van der Waals surface area contributed by atoms with Crippen LogP contribution in [0.15, 0.2) is 133 Å². The summed E-state index contributed by atoms with van der Waals surface area (Å²) in [5.41, 5.74) is 6.39. The van der Waals surface area contributed by atoms with Crippen LogP contribution in [0, 0.1) is 22.7 Å². The van der Waals surface area contributed by atoms with E-state index in [4.69, 9.17) is 0 Å². The molecule has 0 spiro atoms. The average Bonchev–Trinajstić information content (AvgIpc) is 3.91. The molecule has 230 valence electrons. The second kappa shape index (κ2) is 10.0. The molecule has 0 atom stereocenters. The van der Waals surface area contributed by atoms with E-state index in [-0.39, 0.29) is 0 Å². The molecule has 7 aromatic carbocycles. The summed E-state index contributed by atoms with van der Waals surface area (Å²) in [4.78, 5) is 0. The van der Waals surface area contributed by atoms with E-state index >= 15 is 0 Å². The highest BCUT2D eigenvalue weighted by Crippen LogP contribution is 2.47. The summed E-state index contributed by atoms with van der Waals surface area (Å²) in [5.74, 6) is 0. The number of thiophene rings is 2. The number of nitriles is 2. The van der Waals surface area contributed by atoms with Crippen molar-refractivity contribution in [3.63, 3.8) is 0 Å². The smallest absolute Gasteiger partial charge is 0.103 e. The van der Waals surface area contributed by atoms with Gasteiger partial charge in [-0.3, -0.25) is 0 Å². The van der Waals surface area contributed by atoms with Crippen molar-refractivity contribution in [2.75, 3.05) is 0 Å². The molecule has 0 bridgehead atoms. The predicted molar refractivity (Wildman–Crippen MR) is 210 cm³/mol. The topological polar surface area (TPSA) is 57.4 Å². The van der Waals surface area contributed by atoms with Gasteiger partial charge in [0.2, 0.25) is 0 Å². The molecule has 0 aliphatic carbocycles. The molecule has 0 radical (unpaired) electrons. The van der Waals surface area contributed by atoms with Gasteiger partial charge in [0, 0.05) is 61.9 Å². The van der Waals surface area contributed by atoms with Crippen LogP contribution in [0.2, 0.25) is 0 Å². The molecule has 0 aliphatic rings. The maximum absolute atomic E-state index is 10.9. The van der Waals surface area contributed by atoms with E-state index in [1.807, 2.05) is 17.4 Å². The Balaban J connectivity index is 1.34. The van der Waals surface area contributed by atoms with Crippen LogP contribution in [0.1, 0.15) is 11.1 Å². The number of fused-ring (bicyclic) bond motifs is 14. The van der Waals surface area contributed by atoms with E-state index in [2.05, 4.69) is 143 Å². The lowest BCUT2D eigenvalue weighted by atomic mass is 10.0. The minimum atomic E-state index is 0.354. The number of aromatic nitrogens is 2. The summed E-state index contributed by atoms with van der Waals surface area (Å²) in [6.45, 7) is 0. The third-order valence-corrected chi connectivity index (χ3v) is 12.6. The van der Waals surface area contributed by atoms with Crippen LogP contribution < -0.4 is 0 Å². The van der Waals surface area contributed by atoms with E-state index < -0.39 is 0 Å². The molecule has 11 aromatic rings. The van der Waals surface area contributed by atoms with Crippen molar-refractivity contribution in [1.29, 1.82) is 10.5 Å². The summed E-state index contributed by atoms with van der Waals surface area (Å²) < 4.78 is 9.49. The Morgan fingerprint density at radius 2 is 0.920 bits per heavy atom. The van der Waals surface area contributed by atoms with Crippen LogP contribution in [0.5, 0.6) is 0 Å². The van der Waals surface area contributed by atoms with Gasteiger partial charge >= 0.3 is 0 Å². The largest absolute Gasteiger partial charge is 0.307 e. The Bertz CT molecular complexity index is 3360. The lowest BCUT2D eigenvalue weighted by Gasteiger charge is -2.19. The quantitative estimate of drug-likeness (QED) is 0.184. The fourth-order valence-corrected chi connectivity index (χ4v) is 10.7. The molecule has 4 nitrogen and oxygen atoms in total. The highest BCUT2D eigenvalue weighted by atomic mass is 32.1. The molecular formula is C44H22N4S2. The van der Waals surface area contributed by atoms with Gasteiger partial charge in [0.15, 0.2) is 0 Å². The Labute approximate surface area is 293 Å². The molecule has 0 unspecified atom stereocenters. The predicted octanol–water partition coefficient (Wildman–Crippen LogP) is 12.4. The SMILES string of the molecule is N#Cc1ccc(-n2c3ccccc3c3c4sc5ccccc5c4ccc32)c(-n2c3ccccc3c3c4sc5ccccc5c4ccc32)c1C#N. The van der Waals surface area contributed by atoms with Gasteiger partial charge in [-0.1, -0.05) is 84.9 Å². The fourth-order valence-electron chi connectivity index (χ4n) is 8.16. The maximum Gasteiger partial charge on any atom is 0.103 e. The van der Waals surface area contributed by atoms with E-state index in [0.717, 1.165) is 43.9 Å². The molecule has 6 heteroatoms. The monoisotopic (exact) mass is 670 g/mol. The highest BCUT2D eigenvalue weighted by molar-refractivity contribution is 7.27. The van der Waals surface area contributed by atoms with Gasteiger partial charge in [-0.25, -0.2) is 0 Å². The van der Waals surface area contributed by atoms with E-state index in [9.17, 15) is 10.5 Å². The summed E-state index contributed by atoms with van der Waals surface area (Å²) >= 11 is 3.63. The first-order valence-electron chi connectivity index (χ1n) is 16.4. The second-order valence-electron chi connectivity index (χ2n) is 12.7. The van der Waals surface area contributed by atoms with Crippen LogP contribution in [0.4, 0.5) is 0 Å². The summed E-state index contributed by atoms with van der Waals surface area (Å²) in [7, 11) is 0. The van der Waals surface area contributed by atoms with Gasteiger partial charge in [-0.15, -0.1) is 22.7 Å². The molecule has 0 saturated carbocycles. The Hall–Kier alpha value is -6.44. The molecule has 0 fully saturated rings. The first-order valence-corrected chi connectivity index (χ1v) is 18.0. The minimum Gasteiger partial charge on any atom is -0.307 e. The molecule has 0 amide bonds. The molecule has 11 rings (SSSR count). The second-order valence-corrected chi connectivity index (χ2v) is 14.8. The van der Waals surface area contributed by atoms with Crippen LogP contribution in [-0.2, 0) is 0 Å². The number of rotatable bonds is 2. The minimum absolute atomic E-state index is 0.354. The van der Waals surface area contributed by atoms with Gasteiger partial charge < -0.3 is 9.13 Å². The van der Waals surface area contributed by atoms with Gasteiger partial charge in [-0.05, 0) is 48.5 Å². The highest BCUT2D eigenvalue weighted by Gasteiger charge is 2.26. The Kier molecular flexibility index (Phi) is 5.52. The molecule has 4 aromatic heterocycles. The van der Waals surface area contributed by atoms with Gasteiger partial charge in [0.1, 0.15) is 12.1 Å². The van der Waals surface area contributed by atoms with Gasteiger partial charge in [0.05, 0.1) is 44.6 Å². The van der Waals surface area contributed by atoms with Crippen LogP contribution >= 0.6 is 22.7 Å². The first-order chi connectivity index (χ1) is 24.7. The van der Waals surface area contributed by atoms with Crippen molar-refractivity contribution in [3.05, 3.63) is 145 Å². The number of benzene rings is 7. The van der Waals surface area contributed by atoms with E-state index in [1.165, 1.54) is 45.7 Å². The van der Waals surface area contributed by atoms with Crippen molar-refractivity contribution >= 4 is 107 Å². The zero-order valence-electron chi connectivity index (χ0n) is 26.3. The zero-order valence-corrected chi connectivity index (χ0v) is 27.9. The van der Waals surface area contributed by atoms with Crippen LogP contribution in [0.25, 0.3) is 95.3 Å². The Morgan fingerprint density at radius 3 is 1.48 bits per heavy atom. The first kappa shape index (κ1) is 27.5.